The molecule has 11 heteroatoms. The molecular formula is C20H35N5O3S3. The van der Waals surface area contributed by atoms with E-state index in [1.807, 2.05) is 23.6 Å². The first-order valence-corrected chi connectivity index (χ1v) is 15.1. The monoisotopic (exact) mass is 489 g/mol. The summed E-state index contributed by atoms with van der Waals surface area (Å²) in [5, 5.41) is 7.35. The molecule has 3 aliphatic heterocycles. The summed E-state index contributed by atoms with van der Waals surface area (Å²) < 4.78 is 29.2. The van der Waals surface area contributed by atoms with Crippen LogP contribution in [-0.4, -0.2) is 88.1 Å². The Morgan fingerprint density at radius 1 is 1.23 bits per heavy atom. The lowest BCUT2D eigenvalue weighted by atomic mass is 9.89. The Kier molecular flexibility index (Phi) is 6.00. The van der Waals surface area contributed by atoms with Crippen molar-refractivity contribution in [2.45, 2.75) is 97.8 Å². The van der Waals surface area contributed by atoms with Crippen molar-refractivity contribution in [3.8, 4) is 0 Å². The standard InChI is InChI=1S/C20H35N5O3S3/c1-12-17(30-13(2)22-12)10-24-15-5-4-14(31(27,28)23-20(3)6-7-20)8-16(15)25(19(24)26)18-9-21-11-29-18/h12-18,21-23H,4-11H2,1-3H3. The van der Waals surface area contributed by atoms with Crippen molar-refractivity contribution in [3.63, 3.8) is 0 Å². The Morgan fingerprint density at radius 3 is 2.61 bits per heavy atom. The lowest BCUT2D eigenvalue weighted by Gasteiger charge is -2.38. The summed E-state index contributed by atoms with van der Waals surface area (Å²) in [6.07, 6.45) is 3.75. The molecule has 7 atom stereocenters. The van der Waals surface area contributed by atoms with Gasteiger partial charge in [0.2, 0.25) is 10.0 Å². The molecule has 2 amide bonds. The second kappa shape index (κ2) is 8.23. The number of sulfonamides is 1. The predicted molar refractivity (Wildman–Crippen MR) is 127 cm³/mol. The smallest absolute Gasteiger partial charge is 0.318 e. The van der Waals surface area contributed by atoms with Crippen molar-refractivity contribution < 1.29 is 13.2 Å². The van der Waals surface area contributed by atoms with Gasteiger partial charge < -0.3 is 20.4 Å². The molecule has 8 nitrogen and oxygen atoms in total. The van der Waals surface area contributed by atoms with Crippen molar-refractivity contribution in [2.24, 2.45) is 0 Å². The fourth-order valence-electron chi connectivity index (χ4n) is 5.60. The first-order valence-electron chi connectivity index (χ1n) is 11.5. The number of carbonyl (C=O) groups is 1. The van der Waals surface area contributed by atoms with Crippen molar-refractivity contribution in [1.29, 1.82) is 0 Å². The van der Waals surface area contributed by atoms with E-state index in [-0.39, 0.29) is 29.0 Å². The first kappa shape index (κ1) is 22.6. The number of amides is 2. The van der Waals surface area contributed by atoms with E-state index in [0.717, 1.165) is 38.2 Å². The number of carbonyl (C=O) groups excluding carboxylic acids is 1. The van der Waals surface area contributed by atoms with Gasteiger partial charge in [0.1, 0.15) is 0 Å². The van der Waals surface area contributed by atoms with Crippen LogP contribution < -0.4 is 15.4 Å². The number of hydrogen-bond acceptors (Lipinski definition) is 7. The molecule has 2 aliphatic carbocycles. The lowest BCUT2D eigenvalue weighted by molar-refractivity contribution is 0.181. The summed E-state index contributed by atoms with van der Waals surface area (Å²) in [6.45, 7) is 7.86. The van der Waals surface area contributed by atoms with Crippen molar-refractivity contribution >= 4 is 39.6 Å². The van der Waals surface area contributed by atoms with E-state index >= 15 is 0 Å². The van der Waals surface area contributed by atoms with Crippen molar-refractivity contribution in [1.82, 2.24) is 25.2 Å². The molecule has 31 heavy (non-hydrogen) atoms. The SMILES string of the molecule is CC1NC(C)C(CN2C(=O)N(C3CNCS3)C3CC(S(=O)(=O)NC4(C)CC4)CCC32)S1. The van der Waals surface area contributed by atoms with Gasteiger partial charge in [-0.05, 0) is 52.9 Å². The summed E-state index contributed by atoms with van der Waals surface area (Å²) in [5.41, 5.74) is -0.252. The Hall–Kier alpha value is -0.200. The van der Waals surface area contributed by atoms with Gasteiger partial charge in [-0.1, -0.05) is 0 Å². The highest BCUT2D eigenvalue weighted by molar-refractivity contribution is 8.00. The third-order valence-electron chi connectivity index (χ3n) is 7.60. The maximum absolute atomic E-state index is 13.6. The van der Waals surface area contributed by atoms with Gasteiger partial charge in [0.15, 0.2) is 0 Å². The molecule has 5 fully saturated rings. The van der Waals surface area contributed by atoms with E-state index in [9.17, 15) is 13.2 Å². The molecule has 3 heterocycles. The van der Waals surface area contributed by atoms with Gasteiger partial charge in [0, 0.05) is 35.8 Å². The molecule has 5 aliphatic rings. The lowest BCUT2D eigenvalue weighted by Crippen LogP contribution is -2.51. The minimum atomic E-state index is -3.38. The number of rotatable bonds is 6. The number of fused-ring (bicyclic) bond motifs is 1. The molecule has 0 spiro atoms. The second-order valence-electron chi connectivity index (χ2n) is 10.1. The topological polar surface area (TPSA) is 93.8 Å². The minimum absolute atomic E-state index is 0.0284. The van der Waals surface area contributed by atoms with Crippen LogP contribution >= 0.6 is 23.5 Å². The third kappa shape index (κ3) is 4.35. The average Bonchev–Trinajstić information content (AvgIpc) is 3.05. The number of nitrogens with one attached hydrogen (secondary N) is 3. The van der Waals surface area contributed by atoms with Crippen molar-refractivity contribution in [2.75, 3.05) is 19.0 Å². The Balaban J connectivity index is 1.36. The molecule has 0 aromatic rings. The summed E-state index contributed by atoms with van der Waals surface area (Å²) in [6, 6.07) is 0.548. The number of urea groups is 1. The van der Waals surface area contributed by atoms with Gasteiger partial charge in [-0.25, -0.2) is 17.9 Å². The van der Waals surface area contributed by atoms with Gasteiger partial charge in [-0.2, -0.15) is 0 Å². The quantitative estimate of drug-likeness (QED) is 0.521. The van der Waals surface area contributed by atoms with Gasteiger partial charge in [0.25, 0.3) is 0 Å². The summed E-state index contributed by atoms with van der Waals surface area (Å²) in [7, 11) is -3.38. The molecular weight excluding hydrogens is 454 g/mol. The Morgan fingerprint density at radius 2 is 2.00 bits per heavy atom. The molecule has 3 N–H and O–H groups in total. The molecule has 0 aromatic heterocycles. The molecule has 176 valence electrons. The van der Waals surface area contributed by atoms with Crippen LogP contribution in [0, 0.1) is 0 Å². The first-order chi connectivity index (χ1) is 14.7. The largest absolute Gasteiger partial charge is 0.321 e. The van der Waals surface area contributed by atoms with Gasteiger partial charge >= 0.3 is 6.03 Å². The Bertz CT molecular complexity index is 817. The third-order valence-corrected chi connectivity index (χ3v) is 12.3. The molecule has 2 saturated carbocycles. The summed E-state index contributed by atoms with van der Waals surface area (Å²) in [4.78, 5) is 17.8. The summed E-state index contributed by atoms with van der Waals surface area (Å²) in [5.74, 6) is 0.838. The van der Waals surface area contributed by atoms with E-state index in [1.54, 1.807) is 11.8 Å². The minimum Gasteiger partial charge on any atom is -0.318 e. The zero-order valence-electron chi connectivity index (χ0n) is 18.5. The van der Waals surface area contributed by atoms with E-state index in [1.165, 1.54) is 0 Å². The highest BCUT2D eigenvalue weighted by atomic mass is 32.2. The highest BCUT2D eigenvalue weighted by Gasteiger charge is 2.54. The van der Waals surface area contributed by atoms with Gasteiger partial charge in [0.05, 0.1) is 28.1 Å². The molecule has 5 rings (SSSR count). The van der Waals surface area contributed by atoms with Crippen LogP contribution in [0.3, 0.4) is 0 Å². The van der Waals surface area contributed by atoms with E-state index in [0.29, 0.717) is 29.5 Å². The average molecular weight is 490 g/mol. The van der Waals surface area contributed by atoms with Crippen LogP contribution in [-0.2, 0) is 10.0 Å². The summed E-state index contributed by atoms with van der Waals surface area (Å²) >= 11 is 3.66. The number of hydrogen-bond donors (Lipinski definition) is 3. The van der Waals surface area contributed by atoms with Crippen LogP contribution in [0.25, 0.3) is 0 Å². The van der Waals surface area contributed by atoms with Gasteiger partial charge in [-0.15, -0.1) is 23.5 Å². The Labute approximate surface area is 194 Å². The molecule has 3 saturated heterocycles. The van der Waals surface area contributed by atoms with Crippen LogP contribution in [0.15, 0.2) is 0 Å². The maximum atomic E-state index is 13.6. The van der Waals surface area contributed by atoms with E-state index < -0.39 is 15.3 Å². The van der Waals surface area contributed by atoms with Crippen LogP contribution in [0.5, 0.6) is 0 Å². The van der Waals surface area contributed by atoms with E-state index in [4.69, 9.17) is 0 Å². The molecule has 0 bridgehead atoms. The molecule has 0 aromatic carbocycles. The zero-order chi connectivity index (χ0) is 22.0. The van der Waals surface area contributed by atoms with Crippen LogP contribution in [0.2, 0.25) is 0 Å². The number of nitrogens with zero attached hydrogens (tertiary/aromatic N) is 2. The second-order valence-corrected chi connectivity index (χ2v) is 14.8. The molecule has 0 radical (unpaired) electrons. The van der Waals surface area contributed by atoms with Crippen LogP contribution in [0.4, 0.5) is 4.79 Å². The predicted octanol–water partition coefficient (Wildman–Crippen LogP) is 1.55. The normalized spacial score (nSPS) is 42.3. The maximum Gasteiger partial charge on any atom is 0.321 e. The zero-order valence-corrected chi connectivity index (χ0v) is 21.0. The number of thioether (sulfide) groups is 2. The fraction of sp³-hybridized carbons (Fsp3) is 0.950. The molecule has 7 unspecified atom stereocenters. The van der Waals surface area contributed by atoms with E-state index in [2.05, 4.69) is 34.1 Å². The van der Waals surface area contributed by atoms with Gasteiger partial charge in [-0.3, -0.25) is 0 Å². The van der Waals surface area contributed by atoms with Crippen molar-refractivity contribution in [3.05, 3.63) is 0 Å². The fourth-order valence-corrected chi connectivity index (χ4v) is 10.0. The van der Waals surface area contributed by atoms with Crippen LogP contribution in [0.1, 0.15) is 52.9 Å². The highest BCUT2D eigenvalue weighted by Crippen LogP contribution is 2.42.